The lowest BCUT2D eigenvalue weighted by molar-refractivity contribution is -0.146. The van der Waals surface area contributed by atoms with E-state index in [4.69, 9.17) is 5.11 Å². The fourth-order valence-corrected chi connectivity index (χ4v) is 3.63. The fourth-order valence-electron chi connectivity index (χ4n) is 3.63. The van der Waals surface area contributed by atoms with Crippen LogP contribution in [0.5, 0.6) is 0 Å². The predicted octanol–water partition coefficient (Wildman–Crippen LogP) is 2.43. The molecule has 0 saturated heterocycles. The van der Waals surface area contributed by atoms with Gasteiger partial charge in [-0.05, 0) is 31.1 Å². The highest BCUT2D eigenvalue weighted by Crippen LogP contribution is 2.33. The lowest BCUT2D eigenvalue weighted by Crippen LogP contribution is -2.39. The molecule has 0 aliphatic heterocycles. The molecule has 4 unspecified atom stereocenters. The summed E-state index contributed by atoms with van der Waals surface area (Å²) in [6.45, 7) is 2.98. The van der Waals surface area contributed by atoms with Crippen LogP contribution in [0.2, 0.25) is 0 Å². The molecule has 2 aliphatic carbocycles. The number of carboxylic acids is 1. The van der Waals surface area contributed by atoms with E-state index in [1.807, 2.05) is 0 Å². The summed E-state index contributed by atoms with van der Waals surface area (Å²) in [6.07, 6.45) is 7.22. The first kappa shape index (κ1) is 14.4. The van der Waals surface area contributed by atoms with Gasteiger partial charge in [-0.15, -0.1) is 0 Å². The van der Waals surface area contributed by atoms with Crippen LogP contribution in [0.4, 0.5) is 0 Å². The van der Waals surface area contributed by atoms with Crippen molar-refractivity contribution in [3.8, 4) is 0 Å². The number of hydrogen-bond acceptors (Lipinski definition) is 2. The molecule has 0 heterocycles. The minimum Gasteiger partial charge on any atom is -0.481 e. The highest BCUT2D eigenvalue weighted by Gasteiger charge is 2.37. The molecule has 4 heteroatoms. The van der Waals surface area contributed by atoms with Crippen molar-refractivity contribution in [3.63, 3.8) is 0 Å². The van der Waals surface area contributed by atoms with E-state index in [9.17, 15) is 9.59 Å². The predicted molar refractivity (Wildman–Crippen MR) is 72.6 cm³/mol. The molecule has 108 valence electrons. The van der Waals surface area contributed by atoms with Crippen molar-refractivity contribution in [3.05, 3.63) is 0 Å². The zero-order valence-corrected chi connectivity index (χ0v) is 11.7. The first-order valence-electron chi connectivity index (χ1n) is 7.60. The summed E-state index contributed by atoms with van der Waals surface area (Å²) in [7, 11) is 0. The van der Waals surface area contributed by atoms with E-state index in [0.29, 0.717) is 18.3 Å². The SMILES string of the molecule is CC1CCCCC1CNC(=O)C1CCCC1C(=O)O. The first-order chi connectivity index (χ1) is 9.09. The molecule has 0 radical (unpaired) electrons. The van der Waals surface area contributed by atoms with Crippen molar-refractivity contribution in [2.24, 2.45) is 23.7 Å². The smallest absolute Gasteiger partial charge is 0.307 e. The largest absolute Gasteiger partial charge is 0.481 e. The Bertz CT molecular complexity index is 342. The number of rotatable bonds is 4. The summed E-state index contributed by atoms with van der Waals surface area (Å²) >= 11 is 0. The van der Waals surface area contributed by atoms with Gasteiger partial charge in [-0.2, -0.15) is 0 Å². The number of aliphatic carboxylic acids is 1. The molecule has 2 saturated carbocycles. The van der Waals surface area contributed by atoms with Gasteiger partial charge in [0.05, 0.1) is 11.8 Å². The van der Waals surface area contributed by atoms with Crippen molar-refractivity contribution in [2.45, 2.75) is 51.9 Å². The molecule has 0 aromatic heterocycles. The molecule has 2 N–H and O–H groups in total. The van der Waals surface area contributed by atoms with Gasteiger partial charge in [-0.25, -0.2) is 0 Å². The topological polar surface area (TPSA) is 66.4 Å². The zero-order valence-electron chi connectivity index (χ0n) is 11.7. The molecule has 4 nitrogen and oxygen atoms in total. The van der Waals surface area contributed by atoms with Gasteiger partial charge >= 0.3 is 5.97 Å². The highest BCUT2D eigenvalue weighted by atomic mass is 16.4. The molecule has 2 fully saturated rings. The summed E-state index contributed by atoms with van der Waals surface area (Å²) in [6, 6.07) is 0. The Morgan fingerprint density at radius 3 is 2.42 bits per heavy atom. The molecular weight excluding hydrogens is 242 g/mol. The van der Waals surface area contributed by atoms with Crippen LogP contribution in [0.1, 0.15) is 51.9 Å². The normalized spacial score (nSPS) is 35.0. The third-order valence-electron chi connectivity index (χ3n) is 5.00. The van der Waals surface area contributed by atoms with Crippen molar-refractivity contribution in [2.75, 3.05) is 6.54 Å². The summed E-state index contributed by atoms with van der Waals surface area (Å²) in [5.74, 6) is -0.387. The van der Waals surface area contributed by atoms with Crippen LogP contribution in [0.3, 0.4) is 0 Å². The second-order valence-electron chi connectivity index (χ2n) is 6.25. The van der Waals surface area contributed by atoms with E-state index in [-0.39, 0.29) is 11.8 Å². The lowest BCUT2D eigenvalue weighted by atomic mass is 9.80. The molecule has 19 heavy (non-hydrogen) atoms. The number of carbonyl (C=O) groups excluding carboxylic acids is 1. The standard InChI is InChI=1S/C15H25NO3/c1-10-5-2-3-6-11(10)9-16-14(17)12-7-4-8-13(12)15(18)19/h10-13H,2-9H2,1H3,(H,16,17)(H,18,19). The van der Waals surface area contributed by atoms with Crippen LogP contribution in [0, 0.1) is 23.7 Å². The molecule has 0 aromatic rings. The van der Waals surface area contributed by atoms with E-state index < -0.39 is 11.9 Å². The Labute approximate surface area is 115 Å². The second kappa shape index (κ2) is 6.40. The van der Waals surface area contributed by atoms with Crippen LogP contribution >= 0.6 is 0 Å². The Hall–Kier alpha value is -1.06. The number of amides is 1. The number of hydrogen-bond donors (Lipinski definition) is 2. The van der Waals surface area contributed by atoms with Gasteiger partial charge in [0.2, 0.25) is 5.91 Å². The van der Waals surface area contributed by atoms with Crippen molar-refractivity contribution in [1.82, 2.24) is 5.32 Å². The Kier molecular flexibility index (Phi) is 4.83. The van der Waals surface area contributed by atoms with Crippen LogP contribution < -0.4 is 5.32 Å². The molecule has 2 aliphatic rings. The summed E-state index contributed by atoms with van der Waals surface area (Å²) in [4.78, 5) is 23.2. The maximum absolute atomic E-state index is 12.1. The van der Waals surface area contributed by atoms with Crippen LogP contribution in [-0.2, 0) is 9.59 Å². The van der Waals surface area contributed by atoms with Gasteiger partial charge in [-0.1, -0.05) is 32.6 Å². The van der Waals surface area contributed by atoms with Gasteiger partial charge in [0.15, 0.2) is 0 Å². The summed E-state index contributed by atoms with van der Waals surface area (Å²) in [5.41, 5.74) is 0. The van der Waals surface area contributed by atoms with E-state index in [1.54, 1.807) is 0 Å². The summed E-state index contributed by atoms with van der Waals surface area (Å²) in [5, 5.41) is 12.1. The Morgan fingerprint density at radius 1 is 1.05 bits per heavy atom. The van der Waals surface area contributed by atoms with Crippen LogP contribution in [-0.4, -0.2) is 23.5 Å². The lowest BCUT2D eigenvalue weighted by Gasteiger charge is -2.29. The number of carboxylic acid groups (broad SMARTS) is 1. The van der Waals surface area contributed by atoms with Gasteiger partial charge < -0.3 is 10.4 Å². The van der Waals surface area contributed by atoms with E-state index in [2.05, 4.69) is 12.2 Å². The molecular formula is C15H25NO3. The first-order valence-corrected chi connectivity index (χ1v) is 7.60. The van der Waals surface area contributed by atoms with Gasteiger partial charge in [0.1, 0.15) is 0 Å². The second-order valence-corrected chi connectivity index (χ2v) is 6.25. The van der Waals surface area contributed by atoms with E-state index >= 15 is 0 Å². The highest BCUT2D eigenvalue weighted by molar-refractivity contribution is 5.85. The van der Waals surface area contributed by atoms with E-state index in [0.717, 1.165) is 19.4 Å². The van der Waals surface area contributed by atoms with Gasteiger partial charge in [0, 0.05) is 6.54 Å². The molecule has 2 rings (SSSR count). The number of carbonyl (C=O) groups is 2. The Morgan fingerprint density at radius 2 is 1.74 bits per heavy atom. The summed E-state index contributed by atoms with van der Waals surface area (Å²) < 4.78 is 0. The van der Waals surface area contributed by atoms with Gasteiger partial charge in [0.25, 0.3) is 0 Å². The third kappa shape index (κ3) is 3.48. The average Bonchev–Trinajstić information content (AvgIpc) is 2.87. The van der Waals surface area contributed by atoms with E-state index in [1.165, 1.54) is 25.7 Å². The average molecular weight is 267 g/mol. The van der Waals surface area contributed by atoms with Gasteiger partial charge in [-0.3, -0.25) is 9.59 Å². The maximum atomic E-state index is 12.1. The minimum absolute atomic E-state index is 0.0392. The molecule has 0 bridgehead atoms. The fraction of sp³-hybridized carbons (Fsp3) is 0.867. The maximum Gasteiger partial charge on any atom is 0.307 e. The number of nitrogens with one attached hydrogen (secondary N) is 1. The van der Waals surface area contributed by atoms with Crippen molar-refractivity contribution in [1.29, 1.82) is 0 Å². The third-order valence-corrected chi connectivity index (χ3v) is 5.00. The molecule has 0 aromatic carbocycles. The molecule has 0 spiro atoms. The van der Waals surface area contributed by atoms with Crippen LogP contribution in [0.25, 0.3) is 0 Å². The molecule has 4 atom stereocenters. The zero-order chi connectivity index (χ0) is 13.8. The minimum atomic E-state index is -0.816. The quantitative estimate of drug-likeness (QED) is 0.822. The monoisotopic (exact) mass is 267 g/mol. The van der Waals surface area contributed by atoms with Crippen molar-refractivity contribution < 1.29 is 14.7 Å². The van der Waals surface area contributed by atoms with Crippen molar-refractivity contribution >= 4 is 11.9 Å². The molecule has 1 amide bonds. The van der Waals surface area contributed by atoms with Crippen LogP contribution in [0.15, 0.2) is 0 Å². The Balaban J connectivity index is 1.82.